The molecule has 1 amide bonds. The highest BCUT2D eigenvalue weighted by Crippen LogP contribution is 2.35. The van der Waals surface area contributed by atoms with Gasteiger partial charge in [0.15, 0.2) is 0 Å². The van der Waals surface area contributed by atoms with Crippen molar-refractivity contribution in [3.63, 3.8) is 0 Å². The molecule has 1 saturated carbocycles. The lowest BCUT2D eigenvalue weighted by molar-refractivity contribution is 0.0902. The van der Waals surface area contributed by atoms with Gasteiger partial charge >= 0.3 is 0 Å². The van der Waals surface area contributed by atoms with Gasteiger partial charge < -0.3 is 5.32 Å². The molecule has 1 fully saturated rings. The SMILES string of the molecule is CC1(C)CCCC(NC(=O)c2cc(Br)ccc2Cl)C1. The lowest BCUT2D eigenvalue weighted by Crippen LogP contribution is -2.40. The number of benzene rings is 1. The van der Waals surface area contributed by atoms with E-state index in [2.05, 4.69) is 35.1 Å². The zero-order valence-corrected chi connectivity index (χ0v) is 13.6. The molecule has 1 unspecified atom stereocenters. The summed E-state index contributed by atoms with van der Waals surface area (Å²) < 4.78 is 0.867. The molecule has 4 heteroatoms. The van der Waals surface area contributed by atoms with Gasteiger partial charge in [-0.25, -0.2) is 0 Å². The Morgan fingerprint density at radius 2 is 2.21 bits per heavy atom. The van der Waals surface area contributed by atoms with Gasteiger partial charge in [0.2, 0.25) is 0 Å². The molecule has 2 nitrogen and oxygen atoms in total. The molecule has 1 aliphatic rings. The molecule has 1 N–H and O–H groups in total. The van der Waals surface area contributed by atoms with Crippen molar-refractivity contribution < 1.29 is 4.79 Å². The van der Waals surface area contributed by atoms with E-state index in [-0.39, 0.29) is 11.9 Å². The Bertz CT molecular complexity index is 487. The van der Waals surface area contributed by atoms with Crippen LogP contribution in [-0.2, 0) is 0 Å². The van der Waals surface area contributed by atoms with E-state index in [1.54, 1.807) is 12.1 Å². The highest BCUT2D eigenvalue weighted by atomic mass is 79.9. The van der Waals surface area contributed by atoms with Gasteiger partial charge in [0.05, 0.1) is 10.6 Å². The molecule has 2 rings (SSSR count). The smallest absolute Gasteiger partial charge is 0.253 e. The van der Waals surface area contributed by atoms with Crippen LogP contribution in [0.2, 0.25) is 5.02 Å². The highest BCUT2D eigenvalue weighted by molar-refractivity contribution is 9.10. The Labute approximate surface area is 128 Å². The third-order valence-electron chi connectivity index (χ3n) is 3.71. The molecule has 0 radical (unpaired) electrons. The summed E-state index contributed by atoms with van der Waals surface area (Å²) >= 11 is 9.45. The van der Waals surface area contributed by atoms with Crippen LogP contribution in [-0.4, -0.2) is 11.9 Å². The summed E-state index contributed by atoms with van der Waals surface area (Å²) in [6.45, 7) is 4.52. The fourth-order valence-electron chi connectivity index (χ4n) is 2.76. The summed E-state index contributed by atoms with van der Waals surface area (Å²) in [7, 11) is 0. The Morgan fingerprint density at radius 1 is 1.47 bits per heavy atom. The predicted molar refractivity (Wildman–Crippen MR) is 82.7 cm³/mol. The minimum atomic E-state index is -0.0750. The van der Waals surface area contributed by atoms with E-state index in [4.69, 9.17) is 11.6 Å². The summed E-state index contributed by atoms with van der Waals surface area (Å²) in [5.74, 6) is -0.0750. The van der Waals surface area contributed by atoms with Gasteiger partial charge in [0.1, 0.15) is 0 Å². The number of carbonyl (C=O) groups excluding carboxylic acids is 1. The summed E-state index contributed by atoms with van der Waals surface area (Å²) in [4.78, 5) is 12.3. The van der Waals surface area contributed by atoms with Crippen LogP contribution in [0.25, 0.3) is 0 Å². The number of hydrogen-bond acceptors (Lipinski definition) is 1. The fraction of sp³-hybridized carbons (Fsp3) is 0.533. The standard InChI is InChI=1S/C15H19BrClNO/c1-15(2)7-3-4-11(9-15)18-14(19)12-8-10(16)5-6-13(12)17/h5-6,8,11H,3-4,7,9H2,1-2H3,(H,18,19). The van der Waals surface area contributed by atoms with Crippen molar-refractivity contribution in [1.82, 2.24) is 5.32 Å². The lowest BCUT2D eigenvalue weighted by Gasteiger charge is -2.35. The van der Waals surface area contributed by atoms with Crippen molar-refractivity contribution in [2.45, 2.75) is 45.6 Å². The summed E-state index contributed by atoms with van der Waals surface area (Å²) in [6, 6.07) is 5.60. The van der Waals surface area contributed by atoms with Crippen LogP contribution < -0.4 is 5.32 Å². The van der Waals surface area contributed by atoms with Gasteiger partial charge in [-0.1, -0.05) is 47.8 Å². The van der Waals surface area contributed by atoms with Gasteiger partial charge in [-0.05, 0) is 42.9 Å². The summed E-state index contributed by atoms with van der Waals surface area (Å²) in [5.41, 5.74) is 0.858. The summed E-state index contributed by atoms with van der Waals surface area (Å²) in [5, 5.41) is 3.61. The average Bonchev–Trinajstić information content (AvgIpc) is 2.31. The molecule has 19 heavy (non-hydrogen) atoms. The Balaban J connectivity index is 2.06. The van der Waals surface area contributed by atoms with Gasteiger partial charge in [0.25, 0.3) is 5.91 Å². The third-order valence-corrected chi connectivity index (χ3v) is 4.54. The first-order chi connectivity index (χ1) is 8.87. The number of amides is 1. The van der Waals surface area contributed by atoms with E-state index < -0.39 is 0 Å². The molecule has 0 bridgehead atoms. The maximum atomic E-state index is 12.3. The van der Waals surface area contributed by atoms with Gasteiger partial charge in [-0.2, -0.15) is 0 Å². The molecule has 0 heterocycles. The van der Waals surface area contributed by atoms with E-state index in [9.17, 15) is 4.79 Å². The number of carbonyl (C=O) groups is 1. The molecule has 0 aliphatic heterocycles. The van der Waals surface area contributed by atoms with Crippen molar-refractivity contribution in [2.24, 2.45) is 5.41 Å². The first kappa shape index (κ1) is 14.9. The van der Waals surface area contributed by atoms with E-state index in [0.717, 1.165) is 17.3 Å². The van der Waals surface area contributed by atoms with Crippen LogP contribution in [0.5, 0.6) is 0 Å². The minimum absolute atomic E-state index is 0.0750. The number of halogens is 2. The monoisotopic (exact) mass is 343 g/mol. The maximum absolute atomic E-state index is 12.3. The third kappa shape index (κ3) is 3.96. The Kier molecular flexibility index (Phi) is 4.57. The second-order valence-corrected chi connectivity index (χ2v) is 7.38. The molecule has 0 aromatic heterocycles. The Morgan fingerprint density at radius 3 is 2.89 bits per heavy atom. The molecule has 1 aliphatic carbocycles. The van der Waals surface area contributed by atoms with Crippen LogP contribution in [0.4, 0.5) is 0 Å². The van der Waals surface area contributed by atoms with Crippen molar-refractivity contribution in [3.8, 4) is 0 Å². The second kappa shape index (κ2) is 5.84. The number of nitrogens with one attached hydrogen (secondary N) is 1. The van der Waals surface area contributed by atoms with E-state index in [1.807, 2.05) is 6.07 Å². The van der Waals surface area contributed by atoms with Crippen LogP contribution >= 0.6 is 27.5 Å². The highest BCUT2D eigenvalue weighted by Gasteiger charge is 2.29. The molecule has 0 spiro atoms. The quantitative estimate of drug-likeness (QED) is 0.820. The fourth-order valence-corrected chi connectivity index (χ4v) is 3.32. The van der Waals surface area contributed by atoms with Gasteiger partial charge in [0, 0.05) is 10.5 Å². The van der Waals surface area contributed by atoms with Crippen LogP contribution in [0.1, 0.15) is 49.9 Å². The molecule has 1 atom stereocenters. The van der Waals surface area contributed by atoms with Crippen molar-refractivity contribution in [3.05, 3.63) is 33.3 Å². The normalized spacial score (nSPS) is 22.0. The van der Waals surface area contributed by atoms with E-state index in [0.29, 0.717) is 16.0 Å². The molecule has 1 aromatic rings. The van der Waals surface area contributed by atoms with Crippen LogP contribution in [0.15, 0.2) is 22.7 Å². The van der Waals surface area contributed by atoms with Crippen molar-refractivity contribution >= 4 is 33.4 Å². The molecular weight excluding hydrogens is 326 g/mol. The predicted octanol–water partition coefficient (Wildman–Crippen LogP) is 4.80. The van der Waals surface area contributed by atoms with Crippen molar-refractivity contribution in [2.75, 3.05) is 0 Å². The molecular formula is C15H19BrClNO. The molecule has 1 aromatic carbocycles. The van der Waals surface area contributed by atoms with E-state index in [1.165, 1.54) is 12.8 Å². The van der Waals surface area contributed by atoms with Gasteiger partial charge in [-0.15, -0.1) is 0 Å². The zero-order valence-electron chi connectivity index (χ0n) is 11.3. The Hall–Kier alpha value is -0.540. The van der Waals surface area contributed by atoms with E-state index >= 15 is 0 Å². The topological polar surface area (TPSA) is 29.1 Å². The molecule has 0 saturated heterocycles. The van der Waals surface area contributed by atoms with Gasteiger partial charge in [-0.3, -0.25) is 4.79 Å². The number of hydrogen-bond donors (Lipinski definition) is 1. The molecule has 104 valence electrons. The maximum Gasteiger partial charge on any atom is 0.253 e. The summed E-state index contributed by atoms with van der Waals surface area (Å²) in [6.07, 6.45) is 4.49. The first-order valence-corrected chi connectivity index (χ1v) is 7.80. The largest absolute Gasteiger partial charge is 0.349 e. The number of rotatable bonds is 2. The zero-order chi connectivity index (χ0) is 14.0. The first-order valence-electron chi connectivity index (χ1n) is 6.63. The average molecular weight is 345 g/mol. The van der Waals surface area contributed by atoms with Crippen LogP contribution in [0.3, 0.4) is 0 Å². The second-order valence-electron chi connectivity index (χ2n) is 6.06. The van der Waals surface area contributed by atoms with Crippen LogP contribution in [0, 0.1) is 5.41 Å². The van der Waals surface area contributed by atoms with Crippen molar-refractivity contribution in [1.29, 1.82) is 0 Å². The minimum Gasteiger partial charge on any atom is -0.349 e. The lowest BCUT2D eigenvalue weighted by atomic mass is 9.75.